The number of carbonyl (C=O) groups is 1. The van der Waals surface area contributed by atoms with Crippen molar-refractivity contribution in [3.8, 4) is 5.75 Å². The second-order valence-electron chi connectivity index (χ2n) is 7.14. The second kappa shape index (κ2) is 9.67. The number of esters is 1. The van der Waals surface area contributed by atoms with Gasteiger partial charge in [0, 0.05) is 10.7 Å². The van der Waals surface area contributed by atoms with E-state index in [2.05, 4.69) is 15.4 Å². The fraction of sp³-hybridized carbons (Fsp3) is 0.261. The van der Waals surface area contributed by atoms with E-state index in [1.54, 1.807) is 16.4 Å². The van der Waals surface area contributed by atoms with Gasteiger partial charge in [0.25, 0.3) is 0 Å². The lowest BCUT2D eigenvalue weighted by molar-refractivity contribution is -0.136. The Morgan fingerprint density at radius 2 is 2.03 bits per heavy atom. The number of ether oxygens (including phenoxy) is 2. The quantitative estimate of drug-likeness (QED) is 0.381. The summed E-state index contributed by atoms with van der Waals surface area (Å²) in [6.45, 7) is 4.29. The van der Waals surface area contributed by atoms with Gasteiger partial charge in [0.2, 0.25) is 11.1 Å². The molecule has 0 fully saturated rings. The number of aromatic nitrogens is 3. The van der Waals surface area contributed by atoms with Gasteiger partial charge in [0.1, 0.15) is 18.4 Å². The number of rotatable bonds is 7. The number of fused-ring (bicyclic) bond motifs is 1. The molecule has 2 aromatic carbocycles. The number of nitrogens with one attached hydrogen (secondary N) is 1. The maximum atomic E-state index is 12.6. The lowest BCUT2D eigenvalue weighted by Crippen LogP contribution is -2.29. The van der Waals surface area contributed by atoms with Crippen molar-refractivity contribution in [3.05, 3.63) is 76.0 Å². The number of carbonyl (C=O) groups excluding carboxylic acids is 1. The van der Waals surface area contributed by atoms with Crippen molar-refractivity contribution in [2.75, 3.05) is 18.2 Å². The zero-order valence-corrected chi connectivity index (χ0v) is 19.5. The highest BCUT2D eigenvalue weighted by Crippen LogP contribution is 2.37. The topological polar surface area (TPSA) is 78.3 Å². The van der Waals surface area contributed by atoms with Gasteiger partial charge in [-0.3, -0.25) is 0 Å². The molecule has 1 N–H and O–H groups in total. The Hall–Kier alpha value is -2.97. The number of allylic oxidation sites excluding steroid dienone is 1. The second-order valence-corrected chi connectivity index (χ2v) is 8.81. The highest BCUT2D eigenvalue weighted by Gasteiger charge is 2.34. The molecular formula is C23H23ClN4O3S. The monoisotopic (exact) mass is 470 g/mol. The van der Waals surface area contributed by atoms with E-state index in [0.717, 1.165) is 16.9 Å². The number of hydrogen-bond donors (Lipinski definition) is 1. The van der Waals surface area contributed by atoms with Crippen LogP contribution in [0, 0.1) is 0 Å². The molecule has 7 nitrogen and oxygen atoms in total. The summed E-state index contributed by atoms with van der Waals surface area (Å²) in [4.78, 5) is 17.2. The molecule has 32 heavy (non-hydrogen) atoms. The standard InChI is InChI=1S/C23H23ClN4O3S/c1-4-32-23-26-22-25-14(2)19(21(29)30-3)20(28(22)27-23)16-8-10-18(11-9-16)31-13-15-6-5-7-17(24)12-15/h5-12,20H,4,13H2,1-3H3,(H,25,26,27). The van der Waals surface area contributed by atoms with Crippen LogP contribution in [0.15, 0.2) is 65.0 Å². The molecule has 1 aliphatic heterocycles. The highest BCUT2D eigenvalue weighted by molar-refractivity contribution is 7.99. The van der Waals surface area contributed by atoms with Gasteiger partial charge in [0.15, 0.2) is 0 Å². The fourth-order valence-electron chi connectivity index (χ4n) is 3.54. The average molecular weight is 471 g/mol. The molecule has 3 aromatic rings. The van der Waals surface area contributed by atoms with E-state index in [0.29, 0.717) is 39.8 Å². The molecule has 166 valence electrons. The van der Waals surface area contributed by atoms with Crippen LogP contribution in [-0.4, -0.2) is 33.6 Å². The molecule has 2 heterocycles. The molecule has 0 spiro atoms. The summed E-state index contributed by atoms with van der Waals surface area (Å²) < 4.78 is 12.7. The van der Waals surface area contributed by atoms with E-state index < -0.39 is 12.0 Å². The largest absolute Gasteiger partial charge is 0.489 e. The third-order valence-electron chi connectivity index (χ3n) is 5.00. The Labute approximate surface area is 195 Å². The molecule has 0 radical (unpaired) electrons. The van der Waals surface area contributed by atoms with Crippen molar-refractivity contribution in [2.45, 2.75) is 31.7 Å². The predicted molar refractivity (Wildman–Crippen MR) is 125 cm³/mol. The number of hydrogen-bond acceptors (Lipinski definition) is 7. The minimum Gasteiger partial charge on any atom is -0.489 e. The third-order valence-corrected chi connectivity index (χ3v) is 5.96. The molecule has 1 aromatic heterocycles. The van der Waals surface area contributed by atoms with E-state index >= 15 is 0 Å². The van der Waals surface area contributed by atoms with Crippen LogP contribution in [0.1, 0.15) is 31.0 Å². The van der Waals surface area contributed by atoms with E-state index in [-0.39, 0.29) is 0 Å². The first kappa shape index (κ1) is 22.2. The third kappa shape index (κ3) is 4.61. The molecule has 0 amide bonds. The molecule has 1 atom stereocenters. The Kier molecular flexibility index (Phi) is 6.72. The Bertz CT molecular complexity index is 1160. The summed E-state index contributed by atoms with van der Waals surface area (Å²) in [6.07, 6.45) is 0. The normalized spacial score (nSPS) is 15.2. The molecule has 1 aliphatic rings. The minimum absolute atomic E-state index is 0.407. The van der Waals surface area contributed by atoms with Gasteiger partial charge in [-0.25, -0.2) is 9.48 Å². The van der Waals surface area contributed by atoms with Gasteiger partial charge < -0.3 is 14.8 Å². The average Bonchev–Trinajstić information content (AvgIpc) is 3.19. The van der Waals surface area contributed by atoms with Crippen molar-refractivity contribution in [3.63, 3.8) is 0 Å². The van der Waals surface area contributed by atoms with Crippen LogP contribution in [0.2, 0.25) is 5.02 Å². The smallest absolute Gasteiger partial charge is 0.338 e. The molecule has 9 heteroatoms. The van der Waals surface area contributed by atoms with Crippen LogP contribution < -0.4 is 10.1 Å². The van der Waals surface area contributed by atoms with Gasteiger partial charge in [-0.05, 0) is 48.1 Å². The van der Waals surface area contributed by atoms with Crippen molar-refractivity contribution in [1.82, 2.24) is 14.8 Å². The maximum Gasteiger partial charge on any atom is 0.338 e. The lowest BCUT2D eigenvalue weighted by Gasteiger charge is -2.27. The van der Waals surface area contributed by atoms with Crippen LogP contribution in [0.25, 0.3) is 0 Å². The van der Waals surface area contributed by atoms with Gasteiger partial charge in [-0.15, -0.1) is 5.10 Å². The summed E-state index contributed by atoms with van der Waals surface area (Å²) in [5, 5.41) is 9.13. The van der Waals surface area contributed by atoms with Crippen molar-refractivity contribution >= 4 is 35.3 Å². The minimum atomic E-state index is -0.459. The SMILES string of the molecule is CCSc1nc2n(n1)C(c1ccc(OCc3cccc(Cl)c3)cc1)C(C(=O)OC)=C(C)N2. The molecule has 1 unspecified atom stereocenters. The highest BCUT2D eigenvalue weighted by atomic mass is 35.5. The summed E-state index contributed by atoms with van der Waals surface area (Å²) in [6, 6.07) is 14.7. The molecule has 0 saturated heterocycles. The number of methoxy groups -OCH3 is 1. The van der Waals surface area contributed by atoms with E-state index in [9.17, 15) is 4.79 Å². The number of anilines is 1. The molecule has 0 saturated carbocycles. The number of halogens is 1. The number of thioether (sulfide) groups is 1. The fourth-order valence-corrected chi connectivity index (χ4v) is 4.31. The van der Waals surface area contributed by atoms with Crippen LogP contribution in [0.4, 0.5) is 5.95 Å². The zero-order chi connectivity index (χ0) is 22.7. The Balaban J connectivity index is 1.63. The van der Waals surface area contributed by atoms with Crippen LogP contribution in [0.3, 0.4) is 0 Å². The van der Waals surface area contributed by atoms with Crippen LogP contribution in [-0.2, 0) is 16.1 Å². The summed E-state index contributed by atoms with van der Waals surface area (Å²) in [5.74, 6) is 1.75. The van der Waals surface area contributed by atoms with E-state index in [1.165, 1.54) is 7.11 Å². The molecular weight excluding hydrogens is 448 g/mol. The van der Waals surface area contributed by atoms with Gasteiger partial charge in [-0.2, -0.15) is 4.98 Å². The summed E-state index contributed by atoms with van der Waals surface area (Å²) >= 11 is 7.58. The summed E-state index contributed by atoms with van der Waals surface area (Å²) in [5.41, 5.74) is 3.04. The first-order valence-electron chi connectivity index (χ1n) is 10.1. The van der Waals surface area contributed by atoms with Crippen LogP contribution >= 0.6 is 23.4 Å². The van der Waals surface area contributed by atoms with Gasteiger partial charge >= 0.3 is 5.97 Å². The van der Waals surface area contributed by atoms with Crippen molar-refractivity contribution < 1.29 is 14.3 Å². The first-order valence-corrected chi connectivity index (χ1v) is 11.5. The lowest BCUT2D eigenvalue weighted by atomic mass is 9.96. The Morgan fingerprint density at radius 1 is 1.25 bits per heavy atom. The molecule has 0 aliphatic carbocycles. The first-order chi connectivity index (χ1) is 15.5. The van der Waals surface area contributed by atoms with Gasteiger partial charge in [0.05, 0.1) is 12.7 Å². The van der Waals surface area contributed by atoms with Gasteiger partial charge in [-0.1, -0.05) is 54.6 Å². The predicted octanol–water partition coefficient (Wildman–Crippen LogP) is 5.08. The van der Waals surface area contributed by atoms with Crippen molar-refractivity contribution in [2.24, 2.45) is 0 Å². The van der Waals surface area contributed by atoms with E-state index in [1.807, 2.05) is 62.4 Å². The molecule has 4 rings (SSSR count). The molecule has 0 bridgehead atoms. The number of nitrogens with zero attached hydrogens (tertiary/aromatic N) is 3. The zero-order valence-electron chi connectivity index (χ0n) is 18.0. The number of benzene rings is 2. The van der Waals surface area contributed by atoms with E-state index in [4.69, 9.17) is 21.1 Å². The maximum absolute atomic E-state index is 12.6. The van der Waals surface area contributed by atoms with Crippen LogP contribution in [0.5, 0.6) is 5.75 Å². The summed E-state index contributed by atoms with van der Waals surface area (Å²) in [7, 11) is 1.38. The Morgan fingerprint density at radius 3 is 2.72 bits per heavy atom. The van der Waals surface area contributed by atoms with Crippen molar-refractivity contribution in [1.29, 1.82) is 0 Å².